The van der Waals surface area contributed by atoms with Gasteiger partial charge < -0.3 is 15.8 Å². The number of nitrogens with one attached hydrogen (secondary N) is 1. The largest absolute Gasteiger partial charge is 0.457 e. The minimum atomic E-state index is -0.470. The first-order valence-electron chi connectivity index (χ1n) is 7.95. The lowest BCUT2D eigenvalue weighted by Crippen LogP contribution is -2.40. The van der Waals surface area contributed by atoms with Crippen LogP contribution in [0, 0.1) is 6.92 Å². The van der Waals surface area contributed by atoms with Crippen molar-refractivity contribution in [3.8, 4) is 11.5 Å². The van der Waals surface area contributed by atoms with Crippen LogP contribution in [0.25, 0.3) is 0 Å². The van der Waals surface area contributed by atoms with E-state index < -0.39 is 6.04 Å². The third-order valence-electron chi connectivity index (χ3n) is 3.61. The summed E-state index contributed by atoms with van der Waals surface area (Å²) < 4.78 is 5.96. The van der Waals surface area contributed by atoms with E-state index in [1.54, 1.807) is 11.8 Å². The lowest BCUT2D eigenvalue weighted by molar-refractivity contribution is -0.122. The maximum Gasteiger partial charge on any atom is 0.237 e. The molecule has 3 N–H and O–H groups in total. The number of aryl methyl sites for hydroxylation is 1. The molecule has 0 spiro atoms. The number of ether oxygens (including phenoxy) is 1. The Kier molecular flexibility index (Phi) is 7.15. The van der Waals surface area contributed by atoms with Gasteiger partial charge in [-0.15, -0.1) is 0 Å². The third-order valence-corrected chi connectivity index (χ3v) is 4.26. The summed E-state index contributed by atoms with van der Waals surface area (Å²) in [6.07, 6.45) is 2.68. The molecule has 2 rings (SSSR count). The maximum absolute atomic E-state index is 12.1. The monoisotopic (exact) mass is 344 g/mol. The summed E-state index contributed by atoms with van der Waals surface area (Å²) >= 11 is 1.69. The van der Waals surface area contributed by atoms with Gasteiger partial charge in [-0.3, -0.25) is 4.79 Å². The highest BCUT2D eigenvalue weighted by Crippen LogP contribution is 2.25. The Morgan fingerprint density at radius 3 is 2.79 bits per heavy atom. The molecule has 24 heavy (non-hydrogen) atoms. The molecule has 0 fully saturated rings. The summed E-state index contributed by atoms with van der Waals surface area (Å²) in [5.41, 5.74) is 7.95. The van der Waals surface area contributed by atoms with E-state index in [-0.39, 0.29) is 5.91 Å². The summed E-state index contributed by atoms with van der Waals surface area (Å²) in [6.45, 7) is 2.42. The first-order valence-corrected chi connectivity index (χ1v) is 9.34. The second-order valence-electron chi connectivity index (χ2n) is 5.63. The van der Waals surface area contributed by atoms with Crippen molar-refractivity contribution >= 4 is 17.7 Å². The maximum atomic E-state index is 12.1. The van der Waals surface area contributed by atoms with E-state index in [1.807, 2.05) is 61.7 Å². The van der Waals surface area contributed by atoms with Gasteiger partial charge in [-0.05, 0) is 49.1 Å². The van der Waals surface area contributed by atoms with E-state index in [1.165, 1.54) is 0 Å². The predicted octanol–water partition coefficient (Wildman–Crippen LogP) is 3.48. The molecule has 1 atom stereocenters. The van der Waals surface area contributed by atoms with E-state index in [4.69, 9.17) is 10.5 Å². The van der Waals surface area contributed by atoms with Crippen LogP contribution in [-0.4, -0.2) is 24.0 Å². The second kappa shape index (κ2) is 9.35. The molecule has 2 aromatic rings. The van der Waals surface area contributed by atoms with Crippen molar-refractivity contribution < 1.29 is 9.53 Å². The predicted molar refractivity (Wildman–Crippen MR) is 101 cm³/mol. The fourth-order valence-electron chi connectivity index (χ4n) is 2.24. The highest BCUT2D eigenvalue weighted by atomic mass is 32.2. The molecule has 0 aliphatic rings. The van der Waals surface area contributed by atoms with Crippen LogP contribution in [0.2, 0.25) is 0 Å². The normalized spacial score (nSPS) is 11.8. The SMILES string of the molecule is CSCC[C@H](N)C(=O)NCc1ccccc1Oc1cccc(C)c1. The van der Waals surface area contributed by atoms with Crippen LogP contribution in [0.15, 0.2) is 48.5 Å². The number of carbonyl (C=O) groups excluding carboxylic acids is 1. The van der Waals surface area contributed by atoms with Crippen molar-refractivity contribution in [1.29, 1.82) is 0 Å². The highest BCUT2D eigenvalue weighted by molar-refractivity contribution is 7.98. The molecule has 5 heteroatoms. The Labute approximate surface area is 147 Å². The molecule has 0 saturated carbocycles. The van der Waals surface area contributed by atoms with E-state index in [0.717, 1.165) is 28.4 Å². The van der Waals surface area contributed by atoms with Crippen molar-refractivity contribution in [3.05, 3.63) is 59.7 Å². The second-order valence-corrected chi connectivity index (χ2v) is 6.62. The van der Waals surface area contributed by atoms with Crippen LogP contribution in [-0.2, 0) is 11.3 Å². The van der Waals surface area contributed by atoms with E-state index in [9.17, 15) is 4.79 Å². The minimum absolute atomic E-state index is 0.130. The molecule has 0 aromatic heterocycles. The van der Waals surface area contributed by atoms with Crippen LogP contribution in [0.3, 0.4) is 0 Å². The van der Waals surface area contributed by atoms with Crippen LogP contribution >= 0.6 is 11.8 Å². The van der Waals surface area contributed by atoms with Gasteiger partial charge >= 0.3 is 0 Å². The summed E-state index contributed by atoms with van der Waals surface area (Å²) in [6, 6.07) is 15.1. The molecule has 128 valence electrons. The quantitative estimate of drug-likeness (QED) is 0.769. The van der Waals surface area contributed by atoms with Crippen LogP contribution in [0.4, 0.5) is 0 Å². The van der Waals surface area contributed by atoms with Crippen molar-refractivity contribution in [2.45, 2.75) is 25.9 Å². The number of benzene rings is 2. The summed E-state index contributed by atoms with van der Waals surface area (Å²) in [5.74, 6) is 2.27. The molecule has 0 heterocycles. The van der Waals surface area contributed by atoms with Gasteiger partial charge in [-0.2, -0.15) is 11.8 Å². The number of rotatable bonds is 8. The Hall–Kier alpha value is -1.98. The smallest absolute Gasteiger partial charge is 0.237 e. The molecule has 4 nitrogen and oxygen atoms in total. The Morgan fingerprint density at radius 2 is 2.04 bits per heavy atom. The minimum Gasteiger partial charge on any atom is -0.457 e. The standard InChI is InChI=1S/C19H24N2O2S/c1-14-6-5-8-16(12-14)23-18-9-4-3-7-15(18)13-21-19(22)17(20)10-11-24-2/h3-9,12,17H,10-11,13,20H2,1-2H3,(H,21,22)/t17-/m0/s1. The van der Waals surface area contributed by atoms with Crippen molar-refractivity contribution in [1.82, 2.24) is 5.32 Å². The summed E-state index contributed by atoms with van der Waals surface area (Å²) in [4.78, 5) is 12.1. The fraction of sp³-hybridized carbons (Fsp3) is 0.316. The van der Waals surface area contributed by atoms with Gasteiger partial charge in [0.1, 0.15) is 11.5 Å². The van der Waals surface area contributed by atoms with Gasteiger partial charge in [-0.25, -0.2) is 0 Å². The van der Waals surface area contributed by atoms with Crippen molar-refractivity contribution in [3.63, 3.8) is 0 Å². The molecule has 2 aromatic carbocycles. The van der Waals surface area contributed by atoms with Gasteiger partial charge in [-0.1, -0.05) is 30.3 Å². The number of para-hydroxylation sites is 1. The van der Waals surface area contributed by atoms with Crippen molar-refractivity contribution in [2.75, 3.05) is 12.0 Å². The van der Waals surface area contributed by atoms with Gasteiger partial charge in [0.05, 0.1) is 6.04 Å². The van der Waals surface area contributed by atoms with E-state index in [2.05, 4.69) is 5.32 Å². The number of hydrogen-bond acceptors (Lipinski definition) is 4. The molecule has 0 saturated heterocycles. The lowest BCUT2D eigenvalue weighted by Gasteiger charge is -2.14. The van der Waals surface area contributed by atoms with Gasteiger partial charge in [0.2, 0.25) is 5.91 Å². The zero-order valence-corrected chi connectivity index (χ0v) is 14.9. The first-order chi connectivity index (χ1) is 11.6. The van der Waals surface area contributed by atoms with Crippen LogP contribution < -0.4 is 15.8 Å². The molecule has 0 unspecified atom stereocenters. The average molecular weight is 344 g/mol. The Bertz CT molecular complexity index is 676. The summed E-state index contributed by atoms with van der Waals surface area (Å²) in [5, 5.41) is 2.89. The van der Waals surface area contributed by atoms with Gasteiger partial charge in [0, 0.05) is 12.1 Å². The zero-order valence-electron chi connectivity index (χ0n) is 14.1. The summed E-state index contributed by atoms with van der Waals surface area (Å²) in [7, 11) is 0. The molecular formula is C19H24N2O2S. The average Bonchev–Trinajstić information content (AvgIpc) is 2.58. The Balaban J connectivity index is 2.00. The molecule has 0 aliphatic heterocycles. The molecule has 0 radical (unpaired) electrons. The van der Waals surface area contributed by atoms with E-state index in [0.29, 0.717) is 13.0 Å². The van der Waals surface area contributed by atoms with Crippen molar-refractivity contribution in [2.24, 2.45) is 5.73 Å². The zero-order chi connectivity index (χ0) is 17.4. The number of nitrogens with two attached hydrogens (primary N) is 1. The fourth-order valence-corrected chi connectivity index (χ4v) is 2.73. The molecule has 1 amide bonds. The highest BCUT2D eigenvalue weighted by Gasteiger charge is 2.13. The lowest BCUT2D eigenvalue weighted by atomic mass is 10.1. The van der Waals surface area contributed by atoms with Gasteiger partial charge in [0.25, 0.3) is 0 Å². The van der Waals surface area contributed by atoms with Gasteiger partial charge in [0.15, 0.2) is 0 Å². The Morgan fingerprint density at radius 1 is 1.25 bits per heavy atom. The molecule has 0 bridgehead atoms. The number of amides is 1. The van der Waals surface area contributed by atoms with Crippen LogP contribution in [0.1, 0.15) is 17.5 Å². The first kappa shape index (κ1) is 18.4. The number of hydrogen-bond donors (Lipinski definition) is 2. The molecular weight excluding hydrogens is 320 g/mol. The van der Waals surface area contributed by atoms with E-state index >= 15 is 0 Å². The number of carbonyl (C=O) groups is 1. The van der Waals surface area contributed by atoms with Crippen LogP contribution in [0.5, 0.6) is 11.5 Å². The number of thioether (sulfide) groups is 1. The topological polar surface area (TPSA) is 64.4 Å². The third kappa shape index (κ3) is 5.58. The molecule has 0 aliphatic carbocycles.